The minimum Gasteiger partial charge on any atom is -0.668 e. The maximum atomic E-state index is 4.82. The zero-order chi connectivity index (χ0) is 22.0. The van der Waals surface area contributed by atoms with Crippen LogP contribution in [0.25, 0.3) is 9.30 Å². The Bertz CT molecular complexity index is 283. The standard InChI is InChI=1S/C6H16N2.2C6H18NSi2.Cr/c1-7(2)5-6-8(3)4;2*1-8(2,3)7-9(4,5)6;/h5-6H2,1-4H3;2*1-6H3;/q;2*-1;+4. The quantitative estimate of drug-likeness (QED) is 0.402. The first-order chi connectivity index (χ1) is 11.0. The normalized spacial score (nSPS) is 12.7. The Morgan fingerprint density at radius 1 is 0.444 bits per heavy atom. The van der Waals surface area contributed by atoms with E-state index in [1.54, 1.807) is 0 Å². The molecule has 27 heavy (non-hydrogen) atoms. The van der Waals surface area contributed by atoms with Crippen LogP contribution in [-0.4, -0.2) is 84.0 Å². The molecule has 0 aromatic rings. The van der Waals surface area contributed by atoms with Crippen LogP contribution in [0.2, 0.25) is 78.6 Å². The summed E-state index contributed by atoms with van der Waals surface area (Å²) in [7, 11) is 3.92. The molecule has 0 saturated carbocycles. The van der Waals surface area contributed by atoms with E-state index in [1.807, 2.05) is 0 Å². The zero-order valence-corrected chi connectivity index (χ0v) is 26.9. The van der Waals surface area contributed by atoms with Gasteiger partial charge >= 0.3 is 17.4 Å². The summed E-state index contributed by atoms with van der Waals surface area (Å²) < 4.78 is 9.64. The van der Waals surface area contributed by atoms with Gasteiger partial charge in [-0.05, 0) is 28.2 Å². The summed E-state index contributed by atoms with van der Waals surface area (Å²) in [5, 5.41) is 0. The molecule has 0 aromatic heterocycles. The second-order valence-corrected chi connectivity index (χ2v) is 30.7. The van der Waals surface area contributed by atoms with Crippen molar-refractivity contribution in [2.24, 2.45) is 0 Å². The Labute approximate surface area is 188 Å². The largest absolute Gasteiger partial charge is 4.00 e. The number of nitrogens with zero attached hydrogens (tertiary/aromatic N) is 4. The molecule has 9 heteroatoms. The average molecular weight is 489 g/mol. The van der Waals surface area contributed by atoms with Gasteiger partial charge in [0.15, 0.2) is 0 Å². The van der Waals surface area contributed by atoms with Crippen LogP contribution in [0.5, 0.6) is 0 Å². The van der Waals surface area contributed by atoms with Gasteiger partial charge < -0.3 is 19.1 Å². The summed E-state index contributed by atoms with van der Waals surface area (Å²) in [4.78, 5) is 4.36. The summed E-state index contributed by atoms with van der Waals surface area (Å²) in [6.07, 6.45) is 0. The van der Waals surface area contributed by atoms with Gasteiger partial charge in [-0.15, -0.1) is 0 Å². The van der Waals surface area contributed by atoms with Crippen molar-refractivity contribution < 1.29 is 17.4 Å². The number of rotatable bonds is 7. The van der Waals surface area contributed by atoms with Crippen LogP contribution in [-0.2, 0) is 17.4 Å². The molecule has 0 saturated heterocycles. The van der Waals surface area contributed by atoms with Crippen molar-refractivity contribution in [1.82, 2.24) is 9.80 Å². The van der Waals surface area contributed by atoms with E-state index in [0.29, 0.717) is 0 Å². The van der Waals surface area contributed by atoms with E-state index in [9.17, 15) is 0 Å². The third kappa shape index (κ3) is 52.2. The monoisotopic (exact) mass is 488 g/mol. The Kier molecular flexibility index (Phi) is 19.9. The van der Waals surface area contributed by atoms with Crippen molar-refractivity contribution >= 4 is 32.9 Å². The predicted molar refractivity (Wildman–Crippen MR) is 137 cm³/mol. The molecule has 0 N–H and O–H groups in total. The van der Waals surface area contributed by atoms with Crippen LogP contribution in [0.3, 0.4) is 0 Å². The SMILES string of the molecule is CN(C)CCN(C)C.C[Si](C)(C)[N-][Si](C)(C)C.C[Si](C)(C)[N-][Si](C)(C)C.[Cr+4]. The van der Waals surface area contributed by atoms with Crippen LogP contribution in [0.4, 0.5) is 0 Å². The molecule has 0 aliphatic heterocycles. The minimum atomic E-state index is -1.11. The molecule has 0 rings (SSSR count). The van der Waals surface area contributed by atoms with Gasteiger partial charge in [0.25, 0.3) is 0 Å². The molecule has 164 valence electrons. The molecule has 0 amide bonds. The predicted octanol–water partition coefficient (Wildman–Crippen LogP) is 6.17. The Morgan fingerprint density at radius 2 is 0.593 bits per heavy atom. The van der Waals surface area contributed by atoms with E-state index < -0.39 is 32.9 Å². The third-order valence-corrected chi connectivity index (χ3v) is 13.1. The van der Waals surface area contributed by atoms with Crippen molar-refractivity contribution in [1.29, 1.82) is 0 Å². The van der Waals surface area contributed by atoms with Crippen LogP contribution < -0.4 is 0 Å². The van der Waals surface area contributed by atoms with Gasteiger partial charge in [-0.1, -0.05) is 112 Å². The van der Waals surface area contributed by atoms with Gasteiger partial charge in [-0.3, -0.25) is 0 Å². The molecule has 0 spiro atoms. The van der Waals surface area contributed by atoms with Gasteiger partial charge in [0.05, 0.1) is 0 Å². The zero-order valence-electron chi connectivity index (χ0n) is 21.6. The van der Waals surface area contributed by atoms with E-state index >= 15 is 0 Å². The van der Waals surface area contributed by atoms with E-state index in [1.165, 1.54) is 0 Å². The summed E-state index contributed by atoms with van der Waals surface area (Å²) in [6, 6.07) is 0. The fraction of sp³-hybridized carbons (Fsp3) is 1.00. The third-order valence-electron chi connectivity index (χ3n) is 2.34. The molecular formula is C18H52CrN4Si4+2. The molecule has 0 aliphatic carbocycles. The minimum absolute atomic E-state index is 0. The van der Waals surface area contributed by atoms with Crippen LogP contribution >= 0.6 is 0 Å². The first-order valence-corrected chi connectivity index (χ1v) is 23.6. The molecule has 0 atom stereocenters. The Balaban J connectivity index is -0.000000145. The number of hydrogen-bond donors (Lipinski definition) is 0. The maximum absolute atomic E-state index is 4.82. The maximum Gasteiger partial charge on any atom is 4.00 e. The molecule has 0 heterocycles. The average Bonchev–Trinajstić information content (AvgIpc) is 2.16. The van der Waals surface area contributed by atoms with Crippen molar-refractivity contribution in [3.63, 3.8) is 0 Å². The van der Waals surface area contributed by atoms with Crippen molar-refractivity contribution in [3.05, 3.63) is 9.30 Å². The molecule has 0 aliphatic rings. The van der Waals surface area contributed by atoms with Crippen LogP contribution in [0.15, 0.2) is 0 Å². The smallest absolute Gasteiger partial charge is 0.668 e. The topological polar surface area (TPSA) is 34.7 Å². The molecule has 0 aromatic carbocycles. The molecule has 0 bridgehead atoms. The van der Waals surface area contributed by atoms with Gasteiger partial charge in [0, 0.05) is 13.1 Å². The summed E-state index contributed by atoms with van der Waals surface area (Å²) in [5.41, 5.74) is 0. The van der Waals surface area contributed by atoms with Gasteiger partial charge in [0.2, 0.25) is 0 Å². The fourth-order valence-corrected chi connectivity index (χ4v) is 18.5. The second kappa shape index (κ2) is 15.1. The fourth-order valence-electron chi connectivity index (χ4n) is 2.41. The summed E-state index contributed by atoms with van der Waals surface area (Å²) in [6.45, 7) is 29.9. The van der Waals surface area contributed by atoms with Gasteiger partial charge in [-0.25, -0.2) is 0 Å². The molecule has 0 unspecified atom stereocenters. The number of hydrogen-bond acceptors (Lipinski definition) is 2. The second-order valence-electron chi connectivity index (χ2n) is 11.5. The van der Waals surface area contributed by atoms with E-state index in [-0.39, 0.29) is 17.4 Å². The van der Waals surface area contributed by atoms with Crippen LogP contribution in [0, 0.1) is 0 Å². The first-order valence-electron chi connectivity index (χ1n) is 9.82. The molecule has 0 fully saturated rings. The van der Waals surface area contributed by atoms with E-state index in [2.05, 4.69) is 117 Å². The van der Waals surface area contributed by atoms with Gasteiger partial charge in [-0.2, -0.15) is 0 Å². The summed E-state index contributed by atoms with van der Waals surface area (Å²) >= 11 is 0. The Morgan fingerprint density at radius 3 is 0.630 bits per heavy atom. The van der Waals surface area contributed by atoms with Crippen molar-refractivity contribution in [2.75, 3.05) is 41.3 Å². The van der Waals surface area contributed by atoms with E-state index in [4.69, 9.17) is 9.30 Å². The molecule has 0 radical (unpaired) electrons. The molecule has 4 nitrogen and oxygen atoms in total. The molecular weight excluding hydrogens is 437 g/mol. The Hall–Kier alpha value is 1.24. The number of likely N-dealkylation sites (N-methyl/N-ethyl adjacent to an activating group) is 2. The van der Waals surface area contributed by atoms with Crippen LogP contribution in [0.1, 0.15) is 0 Å². The van der Waals surface area contributed by atoms with Gasteiger partial charge in [0.1, 0.15) is 0 Å². The first kappa shape index (κ1) is 35.7. The van der Waals surface area contributed by atoms with Crippen molar-refractivity contribution in [3.8, 4) is 0 Å². The summed E-state index contributed by atoms with van der Waals surface area (Å²) in [5.74, 6) is 0. The van der Waals surface area contributed by atoms with E-state index in [0.717, 1.165) is 13.1 Å². The van der Waals surface area contributed by atoms with Crippen molar-refractivity contribution in [2.45, 2.75) is 78.6 Å².